The van der Waals surface area contributed by atoms with Gasteiger partial charge < -0.3 is 11.1 Å². The van der Waals surface area contributed by atoms with E-state index in [2.05, 4.69) is 15.3 Å². The van der Waals surface area contributed by atoms with Gasteiger partial charge in [-0.15, -0.1) is 0 Å². The van der Waals surface area contributed by atoms with Gasteiger partial charge in [0.1, 0.15) is 23.5 Å². The Kier molecular flexibility index (Phi) is 4.77. The van der Waals surface area contributed by atoms with Crippen LogP contribution in [0.1, 0.15) is 39.0 Å². The molecule has 0 atom stereocenters. The van der Waals surface area contributed by atoms with Gasteiger partial charge in [0.25, 0.3) is 11.8 Å². The first-order valence-electron chi connectivity index (χ1n) is 6.68. The molecular weight excluding hydrogens is 287 g/mol. The zero-order chi connectivity index (χ0) is 16.1. The van der Waals surface area contributed by atoms with Crippen LogP contribution in [-0.4, -0.2) is 21.8 Å². The zero-order valence-corrected chi connectivity index (χ0v) is 12.0. The van der Waals surface area contributed by atoms with E-state index in [0.717, 1.165) is 11.9 Å². The van der Waals surface area contributed by atoms with E-state index in [1.807, 2.05) is 6.92 Å². The predicted octanol–water partition coefficient (Wildman–Crippen LogP) is 1.21. The third-order valence-corrected chi connectivity index (χ3v) is 3.10. The average Bonchev–Trinajstić information content (AvgIpc) is 2.53. The fourth-order valence-electron chi connectivity index (χ4n) is 1.90. The molecule has 0 spiro atoms. The summed E-state index contributed by atoms with van der Waals surface area (Å²) in [5.74, 6) is -1.46. The molecule has 0 unspecified atom stereocenters. The summed E-state index contributed by atoms with van der Waals surface area (Å²) in [4.78, 5) is 30.5. The summed E-state index contributed by atoms with van der Waals surface area (Å²) in [5.41, 5.74) is 6.47. The van der Waals surface area contributed by atoms with Gasteiger partial charge in [0, 0.05) is 12.6 Å². The number of hydrogen-bond acceptors (Lipinski definition) is 4. The number of nitrogens with two attached hydrogens (primary N) is 1. The maximum Gasteiger partial charge on any atom is 0.270 e. The van der Waals surface area contributed by atoms with Gasteiger partial charge in [-0.25, -0.2) is 14.4 Å². The van der Waals surface area contributed by atoms with Crippen molar-refractivity contribution in [1.29, 1.82) is 0 Å². The van der Waals surface area contributed by atoms with Crippen LogP contribution < -0.4 is 11.1 Å². The lowest BCUT2D eigenvalue weighted by molar-refractivity contribution is 0.0945. The monoisotopic (exact) mass is 302 g/mol. The summed E-state index contributed by atoms with van der Waals surface area (Å²) in [6.45, 7) is 2.08. The van der Waals surface area contributed by atoms with Crippen LogP contribution in [0.3, 0.4) is 0 Å². The lowest BCUT2D eigenvalue weighted by Gasteiger charge is -2.07. The van der Waals surface area contributed by atoms with Crippen LogP contribution in [0.15, 0.2) is 30.6 Å². The molecule has 0 fully saturated rings. The molecule has 1 aromatic heterocycles. The summed E-state index contributed by atoms with van der Waals surface area (Å²) in [5, 5.41) is 2.65. The zero-order valence-electron chi connectivity index (χ0n) is 12.0. The molecule has 3 N–H and O–H groups in total. The highest BCUT2D eigenvalue weighted by atomic mass is 19.1. The Hall–Kier alpha value is -2.83. The molecule has 114 valence electrons. The van der Waals surface area contributed by atoms with E-state index < -0.39 is 11.8 Å². The summed E-state index contributed by atoms with van der Waals surface area (Å²) >= 11 is 0. The lowest BCUT2D eigenvalue weighted by atomic mass is 10.1. The minimum atomic E-state index is -0.734. The SMILES string of the molecule is CCc1cc(CNC(=O)c2cc(C(N)=O)ncn2)ccc1F. The van der Waals surface area contributed by atoms with Crippen LogP contribution in [0.2, 0.25) is 0 Å². The van der Waals surface area contributed by atoms with Crippen molar-refractivity contribution < 1.29 is 14.0 Å². The van der Waals surface area contributed by atoms with Gasteiger partial charge in [-0.1, -0.05) is 19.1 Å². The van der Waals surface area contributed by atoms with Crippen molar-refractivity contribution in [2.45, 2.75) is 19.9 Å². The number of aromatic nitrogens is 2. The highest BCUT2D eigenvalue weighted by molar-refractivity contribution is 5.96. The van der Waals surface area contributed by atoms with Crippen molar-refractivity contribution >= 4 is 11.8 Å². The molecule has 6 nitrogen and oxygen atoms in total. The highest BCUT2D eigenvalue weighted by Gasteiger charge is 2.11. The fourth-order valence-corrected chi connectivity index (χ4v) is 1.90. The van der Waals surface area contributed by atoms with Gasteiger partial charge in [0.05, 0.1) is 0 Å². The normalized spacial score (nSPS) is 10.3. The number of halogens is 1. The number of carbonyl (C=O) groups is 2. The molecule has 1 heterocycles. The molecule has 0 radical (unpaired) electrons. The minimum Gasteiger partial charge on any atom is -0.364 e. The minimum absolute atomic E-state index is 0.0322. The highest BCUT2D eigenvalue weighted by Crippen LogP contribution is 2.11. The van der Waals surface area contributed by atoms with E-state index in [0.29, 0.717) is 12.0 Å². The summed E-state index contributed by atoms with van der Waals surface area (Å²) in [7, 11) is 0. The first-order chi connectivity index (χ1) is 10.5. The molecule has 2 aromatic rings. The second-order valence-electron chi connectivity index (χ2n) is 4.61. The van der Waals surface area contributed by atoms with E-state index in [1.165, 1.54) is 12.1 Å². The lowest BCUT2D eigenvalue weighted by Crippen LogP contribution is -2.25. The van der Waals surface area contributed by atoms with E-state index in [1.54, 1.807) is 12.1 Å². The molecule has 2 rings (SSSR count). The van der Waals surface area contributed by atoms with Crippen molar-refractivity contribution in [1.82, 2.24) is 15.3 Å². The number of rotatable bonds is 5. The number of carbonyl (C=O) groups excluding carboxylic acids is 2. The molecule has 0 aliphatic carbocycles. The van der Waals surface area contributed by atoms with Crippen molar-refractivity contribution in [2.24, 2.45) is 5.73 Å². The van der Waals surface area contributed by atoms with E-state index >= 15 is 0 Å². The van der Waals surface area contributed by atoms with Gasteiger partial charge in [-0.05, 0) is 23.6 Å². The predicted molar refractivity (Wildman–Crippen MR) is 77.5 cm³/mol. The molecule has 7 heteroatoms. The topological polar surface area (TPSA) is 98.0 Å². The second kappa shape index (κ2) is 6.75. The maximum atomic E-state index is 13.4. The Bertz CT molecular complexity index is 718. The Morgan fingerprint density at radius 3 is 2.64 bits per heavy atom. The number of nitrogens with one attached hydrogen (secondary N) is 1. The van der Waals surface area contributed by atoms with Gasteiger partial charge in [-0.2, -0.15) is 0 Å². The standard InChI is InChI=1S/C15H15FN4O2/c1-2-10-5-9(3-4-11(10)16)7-18-15(22)13-6-12(14(17)21)19-8-20-13/h3-6,8H,2,7H2,1H3,(H2,17,21)(H,18,22). The third kappa shape index (κ3) is 3.63. The molecule has 0 aliphatic heterocycles. The summed E-state index contributed by atoms with van der Waals surface area (Å²) < 4.78 is 13.4. The van der Waals surface area contributed by atoms with E-state index in [-0.39, 0.29) is 23.7 Å². The van der Waals surface area contributed by atoms with Crippen LogP contribution in [0.4, 0.5) is 4.39 Å². The van der Waals surface area contributed by atoms with Crippen LogP contribution in [0, 0.1) is 5.82 Å². The third-order valence-electron chi connectivity index (χ3n) is 3.10. The van der Waals surface area contributed by atoms with Crippen molar-refractivity contribution in [3.63, 3.8) is 0 Å². The van der Waals surface area contributed by atoms with Crippen LogP contribution in [-0.2, 0) is 13.0 Å². The molecule has 2 amide bonds. The van der Waals surface area contributed by atoms with Crippen molar-refractivity contribution in [2.75, 3.05) is 0 Å². The molecular formula is C15H15FN4O2. The fraction of sp³-hybridized carbons (Fsp3) is 0.200. The quantitative estimate of drug-likeness (QED) is 0.867. The first kappa shape index (κ1) is 15.6. The van der Waals surface area contributed by atoms with Crippen molar-refractivity contribution in [3.05, 3.63) is 58.9 Å². The first-order valence-corrected chi connectivity index (χ1v) is 6.68. The Balaban J connectivity index is 2.07. The molecule has 0 saturated heterocycles. The Labute approximate surface area is 126 Å². The smallest absolute Gasteiger partial charge is 0.270 e. The largest absolute Gasteiger partial charge is 0.364 e. The summed E-state index contributed by atoms with van der Waals surface area (Å²) in [6.07, 6.45) is 1.67. The molecule has 0 saturated carbocycles. The number of hydrogen-bond donors (Lipinski definition) is 2. The van der Waals surface area contributed by atoms with E-state index in [9.17, 15) is 14.0 Å². The van der Waals surface area contributed by atoms with Crippen LogP contribution in [0.25, 0.3) is 0 Å². The van der Waals surface area contributed by atoms with Crippen molar-refractivity contribution in [3.8, 4) is 0 Å². The van der Waals surface area contributed by atoms with Gasteiger partial charge in [-0.3, -0.25) is 9.59 Å². The molecule has 1 aromatic carbocycles. The second-order valence-corrected chi connectivity index (χ2v) is 4.61. The number of aryl methyl sites for hydroxylation is 1. The number of nitrogens with zero attached hydrogens (tertiary/aromatic N) is 2. The Morgan fingerprint density at radius 2 is 1.95 bits per heavy atom. The van der Waals surface area contributed by atoms with Gasteiger partial charge in [0.2, 0.25) is 0 Å². The summed E-state index contributed by atoms with van der Waals surface area (Å²) in [6, 6.07) is 5.89. The van der Waals surface area contributed by atoms with Gasteiger partial charge in [0.15, 0.2) is 0 Å². The molecule has 0 bridgehead atoms. The van der Waals surface area contributed by atoms with E-state index in [4.69, 9.17) is 5.73 Å². The number of benzene rings is 1. The number of primary amides is 1. The molecule has 0 aliphatic rings. The molecule has 22 heavy (non-hydrogen) atoms. The Morgan fingerprint density at radius 1 is 1.23 bits per heavy atom. The average molecular weight is 302 g/mol. The van der Waals surface area contributed by atoms with Crippen LogP contribution in [0.5, 0.6) is 0 Å². The number of amides is 2. The van der Waals surface area contributed by atoms with Gasteiger partial charge >= 0.3 is 0 Å². The van der Waals surface area contributed by atoms with Crippen LogP contribution >= 0.6 is 0 Å². The maximum absolute atomic E-state index is 13.4.